The molecule has 0 aliphatic carbocycles. The van der Waals surface area contributed by atoms with Crippen molar-refractivity contribution in [2.45, 2.75) is 11.8 Å². The quantitative estimate of drug-likeness (QED) is 0.894. The summed E-state index contributed by atoms with van der Waals surface area (Å²) in [6.45, 7) is 1.62. The van der Waals surface area contributed by atoms with Crippen molar-refractivity contribution in [1.29, 1.82) is 0 Å². The van der Waals surface area contributed by atoms with E-state index in [9.17, 15) is 13.2 Å². The molecule has 1 heterocycles. The molecule has 0 amide bonds. The Labute approximate surface area is 119 Å². The molecule has 0 atom stereocenters. The molecule has 1 aromatic carbocycles. The van der Waals surface area contributed by atoms with Gasteiger partial charge in [-0.3, -0.25) is 0 Å². The van der Waals surface area contributed by atoms with Gasteiger partial charge in [0.2, 0.25) is 5.88 Å². The largest absolute Gasteiger partial charge is 0.478 e. The smallest absolute Gasteiger partial charge is 0.335 e. The minimum atomic E-state index is -4.07. The van der Waals surface area contributed by atoms with Gasteiger partial charge in [0.25, 0.3) is 10.0 Å². The number of hydrogen-bond donors (Lipinski definition) is 2. The lowest BCUT2D eigenvalue weighted by Gasteiger charge is -2.07. The highest BCUT2D eigenvalue weighted by atomic mass is 35.5. The van der Waals surface area contributed by atoms with Gasteiger partial charge >= 0.3 is 5.97 Å². The second-order valence-corrected chi connectivity index (χ2v) is 5.95. The van der Waals surface area contributed by atoms with Crippen molar-refractivity contribution in [2.24, 2.45) is 0 Å². The lowest BCUT2D eigenvalue weighted by Crippen LogP contribution is -2.14. The minimum absolute atomic E-state index is 0.0840. The number of carboxylic acid groups (broad SMARTS) is 1. The van der Waals surface area contributed by atoms with Gasteiger partial charge in [0.1, 0.15) is 4.90 Å². The van der Waals surface area contributed by atoms with Crippen LogP contribution in [0.4, 0.5) is 5.88 Å². The average Bonchev–Trinajstić information content (AvgIpc) is 2.73. The van der Waals surface area contributed by atoms with Crippen LogP contribution < -0.4 is 4.72 Å². The highest BCUT2D eigenvalue weighted by molar-refractivity contribution is 7.92. The van der Waals surface area contributed by atoms with Crippen molar-refractivity contribution in [3.05, 3.63) is 40.5 Å². The Balaban J connectivity index is 2.43. The number of carbonyl (C=O) groups is 1. The van der Waals surface area contributed by atoms with E-state index >= 15 is 0 Å². The topological polar surface area (TPSA) is 110 Å². The summed E-state index contributed by atoms with van der Waals surface area (Å²) in [4.78, 5) is 10.5. The maximum absolute atomic E-state index is 12.1. The molecule has 2 rings (SSSR count). The summed E-state index contributed by atoms with van der Waals surface area (Å²) < 4.78 is 31.1. The van der Waals surface area contributed by atoms with Crippen molar-refractivity contribution < 1.29 is 22.8 Å². The Bertz CT molecular complexity index is 769. The van der Waals surface area contributed by atoms with Crippen molar-refractivity contribution in [3.63, 3.8) is 0 Å². The lowest BCUT2D eigenvalue weighted by atomic mass is 10.2. The molecule has 20 heavy (non-hydrogen) atoms. The van der Waals surface area contributed by atoms with Crippen LogP contribution >= 0.6 is 11.6 Å². The first kappa shape index (κ1) is 14.4. The molecule has 2 N–H and O–H groups in total. The third-order valence-corrected chi connectivity index (χ3v) is 4.16. The maximum atomic E-state index is 12.1. The molecule has 1 aromatic heterocycles. The van der Waals surface area contributed by atoms with E-state index in [1.165, 1.54) is 18.2 Å². The summed E-state index contributed by atoms with van der Waals surface area (Å²) in [6, 6.07) is 4.76. The number of sulfonamides is 1. The summed E-state index contributed by atoms with van der Waals surface area (Å²) in [7, 11) is -4.07. The van der Waals surface area contributed by atoms with Crippen LogP contribution in [-0.2, 0) is 10.0 Å². The number of halogens is 1. The third kappa shape index (κ3) is 2.91. The number of carboxylic acids is 1. The second kappa shape index (κ2) is 5.14. The van der Waals surface area contributed by atoms with E-state index in [1.807, 2.05) is 0 Å². The number of rotatable bonds is 4. The fraction of sp³-hybridized carbons (Fsp3) is 0.0909. The number of aromatic nitrogens is 1. The molecule has 0 bridgehead atoms. The number of nitrogens with one attached hydrogen (secondary N) is 1. The van der Waals surface area contributed by atoms with Gasteiger partial charge in [0.05, 0.1) is 16.3 Å². The predicted octanol–water partition coefficient (Wildman–Crippen LogP) is 2.14. The zero-order valence-electron chi connectivity index (χ0n) is 10.1. The predicted molar refractivity (Wildman–Crippen MR) is 70.5 cm³/mol. The molecule has 0 unspecified atom stereocenters. The summed E-state index contributed by atoms with van der Waals surface area (Å²) in [6.07, 6.45) is 0. The zero-order chi connectivity index (χ0) is 14.9. The van der Waals surface area contributed by atoms with Crippen LogP contribution in [0.25, 0.3) is 0 Å². The monoisotopic (exact) mass is 316 g/mol. The van der Waals surface area contributed by atoms with Crippen LogP contribution in [0.5, 0.6) is 0 Å². The SMILES string of the molecule is Cc1cc(NS(=O)(=O)c2cc(C(=O)O)ccc2Cl)on1. The van der Waals surface area contributed by atoms with Crippen molar-refractivity contribution in [3.8, 4) is 0 Å². The molecule has 0 fully saturated rings. The van der Waals surface area contributed by atoms with Gasteiger partial charge in [0, 0.05) is 6.07 Å². The van der Waals surface area contributed by atoms with E-state index in [0.29, 0.717) is 5.69 Å². The van der Waals surface area contributed by atoms with E-state index in [0.717, 1.165) is 6.07 Å². The Morgan fingerprint density at radius 1 is 1.40 bits per heavy atom. The molecular formula is C11H9ClN2O5S. The number of nitrogens with zero attached hydrogens (tertiary/aromatic N) is 1. The Hall–Kier alpha value is -2.06. The van der Waals surface area contributed by atoms with Gasteiger partial charge in [-0.2, -0.15) is 0 Å². The molecule has 2 aromatic rings. The van der Waals surface area contributed by atoms with E-state index in [4.69, 9.17) is 21.2 Å². The van der Waals surface area contributed by atoms with Crippen LogP contribution in [0.1, 0.15) is 16.1 Å². The first-order chi connectivity index (χ1) is 9.29. The summed E-state index contributed by atoms with van der Waals surface area (Å²) in [5.41, 5.74) is 0.302. The standard InChI is InChI=1S/C11H9ClN2O5S/c1-6-4-10(19-13-6)14-20(17,18)9-5-7(11(15)16)2-3-8(9)12/h2-5,14H,1H3,(H,15,16). The summed E-state index contributed by atoms with van der Waals surface area (Å²) >= 11 is 5.80. The number of anilines is 1. The van der Waals surface area contributed by atoms with E-state index < -0.39 is 16.0 Å². The number of aromatic carboxylic acids is 1. The van der Waals surface area contributed by atoms with Gasteiger partial charge in [-0.1, -0.05) is 16.8 Å². The molecule has 0 aliphatic heterocycles. The minimum Gasteiger partial charge on any atom is -0.478 e. The molecule has 0 saturated heterocycles. The number of aryl methyl sites for hydroxylation is 1. The highest BCUT2D eigenvalue weighted by Gasteiger charge is 2.21. The van der Waals surface area contributed by atoms with Gasteiger partial charge in [0.15, 0.2) is 0 Å². The van der Waals surface area contributed by atoms with Crippen molar-refractivity contribution in [2.75, 3.05) is 4.72 Å². The lowest BCUT2D eigenvalue weighted by molar-refractivity contribution is 0.0696. The molecule has 106 valence electrons. The van der Waals surface area contributed by atoms with Gasteiger partial charge in [-0.05, 0) is 25.1 Å². The van der Waals surface area contributed by atoms with Gasteiger partial charge in [-0.15, -0.1) is 0 Å². The Morgan fingerprint density at radius 2 is 2.10 bits per heavy atom. The van der Waals surface area contributed by atoms with Crippen LogP contribution in [0.3, 0.4) is 0 Å². The van der Waals surface area contributed by atoms with E-state index in [-0.39, 0.29) is 21.4 Å². The van der Waals surface area contributed by atoms with Crippen molar-refractivity contribution in [1.82, 2.24) is 5.16 Å². The van der Waals surface area contributed by atoms with Crippen molar-refractivity contribution >= 4 is 33.5 Å². The van der Waals surface area contributed by atoms with E-state index in [2.05, 4.69) is 9.88 Å². The van der Waals surface area contributed by atoms with Crippen LogP contribution in [-0.4, -0.2) is 24.7 Å². The molecule has 0 saturated carbocycles. The average molecular weight is 317 g/mol. The fourth-order valence-corrected chi connectivity index (χ4v) is 2.94. The fourth-order valence-electron chi connectivity index (χ4n) is 1.44. The molecule has 7 nitrogen and oxygen atoms in total. The normalized spacial score (nSPS) is 11.3. The molecule has 9 heteroatoms. The molecule has 0 radical (unpaired) electrons. The number of hydrogen-bond acceptors (Lipinski definition) is 5. The van der Waals surface area contributed by atoms with Gasteiger partial charge < -0.3 is 9.63 Å². The van der Waals surface area contributed by atoms with Crippen LogP contribution in [0.2, 0.25) is 5.02 Å². The third-order valence-electron chi connectivity index (χ3n) is 2.33. The van der Waals surface area contributed by atoms with Crippen LogP contribution in [0, 0.1) is 6.92 Å². The Morgan fingerprint density at radius 3 is 2.65 bits per heavy atom. The first-order valence-corrected chi connectivity index (χ1v) is 7.15. The van der Waals surface area contributed by atoms with Crippen LogP contribution in [0.15, 0.2) is 33.7 Å². The molecule has 0 spiro atoms. The first-order valence-electron chi connectivity index (χ1n) is 5.28. The molecular weight excluding hydrogens is 308 g/mol. The summed E-state index contributed by atoms with van der Waals surface area (Å²) in [5.74, 6) is -1.34. The second-order valence-electron chi connectivity index (χ2n) is 3.89. The summed E-state index contributed by atoms with van der Waals surface area (Å²) in [5, 5.41) is 12.3. The highest BCUT2D eigenvalue weighted by Crippen LogP contribution is 2.25. The number of benzene rings is 1. The zero-order valence-corrected chi connectivity index (χ0v) is 11.7. The van der Waals surface area contributed by atoms with Gasteiger partial charge in [-0.25, -0.2) is 17.9 Å². The van der Waals surface area contributed by atoms with E-state index in [1.54, 1.807) is 6.92 Å². The molecule has 0 aliphatic rings. The maximum Gasteiger partial charge on any atom is 0.335 e. The Kier molecular flexibility index (Phi) is 3.69.